The lowest BCUT2D eigenvalue weighted by atomic mass is 10.1. The molecule has 2 aromatic rings. The molecule has 0 aliphatic heterocycles. The molecule has 0 radical (unpaired) electrons. The van der Waals surface area contributed by atoms with E-state index in [0.29, 0.717) is 17.2 Å². The molecule has 20 heavy (non-hydrogen) atoms. The number of thiophene rings is 1. The molecule has 0 aliphatic rings. The molecule has 0 saturated carbocycles. The molecule has 0 saturated heterocycles. The Morgan fingerprint density at radius 3 is 2.05 bits per heavy atom. The van der Waals surface area contributed by atoms with Gasteiger partial charge in [0.05, 0.1) is 21.3 Å². The van der Waals surface area contributed by atoms with E-state index >= 15 is 0 Å². The molecule has 0 bridgehead atoms. The second-order valence-corrected chi connectivity index (χ2v) is 5.34. The highest BCUT2D eigenvalue weighted by molar-refractivity contribution is 7.10. The van der Waals surface area contributed by atoms with Crippen LogP contribution in [0.15, 0.2) is 23.6 Å². The third kappa shape index (κ3) is 2.96. The third-order valence-electron chi connectivity index (χ3n) is 3.04. The molecule has 0 unspecified atom stereocenters. The van der Waals surface area contributed by atoms with Crippen molar-refractivity contribution >= 4 is 23.5 Å². The number of benzene rings is 1. The van der Waals surface area contributed by atoms with Gasteiger partial charge in [-0.3, -0.25) is 0 Å². The topological polar surface area (TPSA) is 27.7 Å². The Morgan fingerprint density at radius 2 is 1.60 bits per heavy atom. The highest BCUT2D eigenvalue weighted by Gasteiger charge is 2.11. The van der Waals surface area contributed by atoms with Crippen molar-refractivity contribution in [1.29, 1.82) is 0 Å². The minimum atomic E-state index is 0.610. The molecule has 2 rings (SSSR count). The number of rotatable bonds is 5. The summed E-state index contributed by atoms with van der Waals surface area (Å²) in [6, 6.07) is 5.97. The van der Waals surface area contributed by atoms with E-state index < -0.39 is 0 Å². The van der Waals surface area contributed by atoms with Crippen molar-refractivity contribution in [3.8, 4) is 17.2 Å². The zero-order valence-electron chi connectivity index (χ0n) is 12.1. The predicted octanol–water partition coefficient (Wildman–Crippen LogP) is 4.25. The zero-order chi connectivity index (χ0) is 14.5. The van der Waals surface area contributed by atoms with Crippen LogP contribution in [0.5, 0.6) is 17.2 Å². The summed E-state index contributed by atoms with van der Waals surface area (Å²) in [7, 11) is 4.84. The van der Waals surface area contributed by atoms with Crippen LogP contribution in [-0.4, -0.2) is 21.3 Å². The van der Waals surface area contributed by atoms with Crippen molar-refractivity contribution in [1.82, 2.24) is 0 Å². The second kappa shape index (κ2) is 6.48. The Labute approximate surface area is 123 Å². The van der Waals surface area contributed by atoms with Crippen LogP contribution >= 0.6 is 11.3 Å². The van der Waals surface area contributed by atoms with E-state index in [-0.39, 0.29) is 0 Å². The molecule has 1 aromatic carbocycles. The first-order chi connectivity index (χ1) is 9.69. The van der Waals surface area contributed by atoms with Crippen molar-refractivity contribution in [3.05, 3.63) is 39.6 Å². The molecule has 0 atom stereocenters. The maximum atomic E-state index is 5.34. The minimum Gasteiger partial charge on any atom is -0.493 e. The average Bonchev–Trinajstić information content (AvgIpc) is 2.89. The molecule has 0 fully saturated rings. The minimum absolute atomic E-state index is 0.610. The summed E-state index contributed by atoms with van der Waals surface area (Å²) >= 11 is 1.74. The molecular formula is C16H18O3S. The van der Waals surface area contributed by atoms with Crippen LogP contribution in [0.3, 0.4) is 0 Å². The van der Waals surface area contributed by atoms with Gasteiger partial charge in [-0.1, -0.05) is 12.2 Å². The molecule has 4 heteroatoms. The van der Waals surface area contributed by atoms with Gasteiger partial charge < -0.3 is 14.2 Å². The number of ether oxygens (including phenoxy) is 3. The molecule has 0 spiro atoms. The van der Waals surface area contributed by atoms with Crippen LogP contribution in [0.2, 0.25) is 0 Å². The lowest BCUT2D eigenvalue weighted by molar-refractivity contribution is 0.324. The molecule has 1 aromatic heterocycles. The number of hydrogen-bond donors (Lipinski definition) is 0. The van der Waals surface area contributed by atoms with Crippen LogP contribution in [0, 0.1) is 6.92 Å². The van der Waals surface area contributed by atoms with Gasteiger partial charge >= 0.3 is 0 Å². The Bertz CT molecular complexity index is 589. The molecule has 0 N–H and O–H groups in total. The van der Waals surface area contributed by atoms with Crippen molar-refractivity contribution in [2.24, 2.45) is 0 Å². The van der Waals surface area contributed by atoms with Gasteiger partial charge in [0.2, 0.25) is 5.75 Å². The second-order valence-electron chi connectivity index (χ2n) is 4.22. The number of hydrogen-bond acceptors (Lipinski definition) is 4. The van der Waals surface area contributed by atoms with Crippen LogP contribution in [0.4, 0.5) is 0 Å². The van der Waals surface area contributed by atoms with Gasteiger partial charge in [0, 0.05) is 4.88 Å². The highest BCUT2D eigenvalue weighted by atomic mass is 32.1. The summed E-state index contributed by atoms with van der Waals surface area (Å²) in [4.78, 5) is 1.30. The van der Waals surface area contributed by atoms with Gasteiger partial charge in [0.25, 0.3) is 0 Å². The van der Waals surface area contributed by atoms with Gasteiger partial charge in [-0.25, -0.2) is 0 Å². The molecular weight excluding hydrogens is 272 g/mol. The molecule has 1 heterocycles. The third-order valence-corrected chi connectivity index (χ3v) is 3.90. The Morgan fingerprint density at radius 1 is 0.950 bits per heavy atom. The normalized spacial score (nSPS) is 10.8. The molecule has 3 nitrogen and oxygen atoms in total. The fourth-order valence-corrected chi connectivity index (χ4v) is 2.64. The Balaban J connectivity index is 2.37. The quantitative estimate of drug-likeness (QED) is 0.823. The standard InChI is InChI=1S/C16H18O3S/c1-11-13(7-8-20-11)6-5-12-9-14(17-2)16(19-4)15(10-12)18-3/h5-10H,1-4H3. The van der Waals surface area contributed by atoms with E-state index in [1.807, 2.05) is 18.2 Å². The van der Waals surface area contributed by atoms with Crippen LogP contribution in [-0.2, 0) is 0 Å². The first-order valence-electron chi connectivity index (χ1n) is 6.21. The largest absolute Gasteiger partial charge is 0.493 e. The fraction of sp³-hybridized carbons (Fsp3) is 0.250. The Hall–Kier alpha value is -1.94. The molecule has 0 amide bonds. The van der Waals surface area contributed by atoms with E-state index in [0.717, 1.165) is 5.56 Å². The van der Waals surface area contributed by atoms with Gasteiger partial charge in [-0.15, -0.1) is 11.3 Å². The zero-order valence-corrected chi connectivity index (χ0v) is 12.9. The van der Waals surface area contributed by atoms with Gasteiger partial charge in [0.15, 0.2) is 11.5 Å². The maximum absolute atomic E-state index is 5.34. The van der Waals surface area contributed by atoms with Gasteiger partial charge in [0.1, 0.15) is 0 Å². The lowest BCUT2D eigenvalue weighted by Crippen LogP contribution is -1.95. The first kappa shape index (κ1) is 14.5. The summed E-state index contributed by atoms with van der Waals surface area (Å²) in [6.45, 7) is 2.11. The van der Waals surface area contributed by atoms with E-state index in [1.165, 1.54) is 10.4 Å². The fourth-order valence-electron chi connectivity index (χ4n) is 1.95. The highest BCUT2D eigenvalue weighted by Crippen LogP contribution is 2.38. The van der Waals surface area contributed by atoms with Crippen molar-refractivity contribution in [2.45, 2.75) is 6.92 Å². The first-order valence-corrected chi connectivity index (χ1v) is 7.09. The maximum Gasteiger partial charge on any atom is 0.203 e. The number of methoxy groups -OCH3 is 3. The number of aryl methyl sites for hydroxylation is 1. The van der Waals surface area contributed by atoms with E-state index in [9.17, 15) is 0 Å². The van der Waals surface area contributed by atoms with Crippen LogP contribution < -0.4 is 14.2 Å². The van der Waals surface area contributed by atoms with E-state index in [2.05, 4.69) is 24.4 Å². The van der Waals surface area contributed by atoms with E-state index in [4.69, 9.17) is 14.2 Å². The summed E-state index contributed by atoms with van der Waals surface area (Å²) in [6.07, 6.45) is 4.13. The smallest absolute Gasteiger partial charge is 0.203 e. The monoisotopic (exact) mass is 290 g/mol. The van der Waals surface area contributed by atoms with Crippen molar-refractivity contribution in [2.75, 3.05) is 21.3 Å². The molecule has 0 aliphatic carbocycles. The summed E-state index contributed by atoms with van der Waals surface area (Å²) in [5, 5.41) is 2.09. The average molecular weight is 290 g/mol. The molecule has 106 valence electrons. The van der Waals surface area contributed by atoms with Crippen molar-refractivity contribution in [3.63, 3.8) is 0 Å². The van der Waals surface area contributed by atoms with Gasteiger partial charge in [-0.05, 0) is 41.6 Å². The summed E-state index contributed by atoms with van der Waals surface area (Å²) in [5.41, 5.74) is 2.23. The van der Waals surface area contributed by atoms with E-state index in [1.54, 1.807) is 32.7 Å². The van der Waals surface area contributed by atoms with Crippen LogP contribution in [0.1, 0.15) is 16.0 Å². The van der Waals surface area contributed by atoms with Crippen molar-refractivity contribution < 1.29 is 14.2 Å². The summed E-state index contributed by atoms with van der Waals surface area (Å²) < 4.78 is 16.0. The van der Waals surface area contributed by atoms with Crippen LogP contribution in [0.25, 0.3) is 12.2 Å². The van der Waals surface area contributed by atoms with Gasteiger partial charge in [-0.2, -0.15) is 0 Å². The lowest BCUT2D eigenvalue weighted by Gasteiger charge is -2.12. The Kier molecular flexibility index (Phi) is 4.69. The summed E-state index contributed by atoms with van der Waals surface area (Å²) in [5.74, 6) is 1.93. The SMILES string of the molecule is COc1cc(C=Cc2ccsc2C)cc(OC)c1OC. The predicted molar refractivity (Wildman–Crippen MR) is 84.1 cm³/mol.